The van der Waals surface area contributed by atoms with E-state index in [0.717, 1.165) is 4.31 Å². The Kier molecular flexibility index (Phi) is 5.97. The molecule has 0 fully saturated rings. The summed E-state index contributed by atoms with van der Waals surface area (Å²) in [5.41, 5.74) is 0.361. The van der Waals surface area contributed by atoms with Crippen molar-refractivity contribution in [2.24, 2.45) is 5.92 Å². The minimum absolute atomic E-state index is 0.0837. The Morgan fingerprint density at radius 2 is 1.90 bits per heavy atom. The third-order valence-corrected chi connectivity index (χ3v) is 3.56. The molecule has 2 atom stereocenters. The molecule has 1 aromatic carbocycles. The van der Waals surface area contributed by atoms with Crippen molar-refractivity contribution in [3.8, 4) is 5.75 Å². The number of hydrogen-bond acceptors (Lipinski definition) is 3. The lowest BCUT2D eigenvalue weighted by atomic mass is 10.0. The Morgan fingerprint density at radius 3 is 2.25 bits per heavy atom. The molecule has 0 heterocycles. The van der Waals surface area contributed by atoms with Gasteiger partial charge in [0.1, 0.15) is 11.8 Å². The summed E-state index contributed by atoms with van der Waals surface area (Å²) in [6, 6.07) is 5.29. The molecule has 1 aromatic rings. The van der Waals surface area contributed by atoms with Gasteiger partial charge in [-0.1, -0.05) is 13.8 Å². The summed E-state index contributed by atoms with van der Waals surface area (Å²) in [4.78, 5) is 11.4. The van der Waals surface area contributed by atoms with E-state index in [2.05, 4.69) is 0 Å². The van der Waals surface area contributed by atoms with Crippen LogP contribution < -0.4 is 9.04 Å². The van der Waals surface area contributed by atoms with Gasteiger partial charge in [-0.2, -0.15) is 0 Å². The van der Waals surface area contributed by atoms with Gasteiger partial charge in [0, 0.05) is 0 Å². The first-order chi connectivity index (χ1) is 9.36. The van der Waals surface area contributed by atoms with Crippen molar-refractivity contribution >= 4 is 22.9 Å². The molecule has 0 aromatic heterocycles. The number of hydrogen-bond donors (Lipinski definition) is 2. The predicted molar refractivity (Wildman–Crippen MR) is 77.1 cm³/mol. The van der Waals surface area contributed by atoms with Gasteiger partial charge in [-0.25, -0.2) is 9.00 Å². The van der Waals surface area contributed by atoms with E-state index in [0.29, 0.717) is 11.4 Å². The lowest BCUT2D eigenvalue weighted by Crippen LogP contribution is -2.43. The van der Waals surface area contributed by atoms with Gasteiger partial charge in [0.2, 0.25) is 0 Å². The summed E-state index contributed by atoms with van der Waals surface area (Å²) in [6.07, 6.45) is 0.271. The molecule has 6 nitrogen and oxygen atoms in total. The summed E-state index contributed by atoms with van der Waals surface area (Å²) >= 11 is -2.42. The van der Waals surface area contributed by atoms with Crippen LogP contribution in [0.3, 0.4) is 0 Å². The topological polar surface area (TPSA) is 87.1 Å². The number of carboxylic acids is 1. The normalized spacial score (nSPS) is 13.8. The van der Waals surface area contributed by atoms with E-state index in [-0.39, 0.29) is 12.3 Å². The molecule has 2 unspecified atom stereocenters. The van der Waals surface area contributed by atoms with Gasteiger partial charge in [-0.05, 0) is 36.6 Å². The van der Waals surface area contributed by atoms with Crippen LogP contribution in [0.5, 0.6) is 5.75 Å². The Hall–Kier alpha value is -1.60. The molecule has 0 aliphatic rings. The van der Waals surface area contributed by atoms with Gasteiger partial charge in [-0.15, -0.1) is 0 Å². The third-order valence-electron chi connectivity index (χ3n) is 2.76. The molecule has 2 N–H and O–H groups in total. The van der Waals surface area contributed by atoms with Crippen LogP contribution >= 0.6 is 0 Å². The smallest absolute Gasteiger partial charge is 0.327 e. The first kappa shape index (κ1) is 16.5. The molecular formula is C13H19NO5S. The van der Waals surface area contributed by atoms with Crippen molar-refractivity contribution < 1.29 is 23.4 Å². The fraction of sp³-hybridized carbons (Fsp3) is 0.462. The zero-order chi connectivity index (χ0) is 15.3. The van der Waals surface area contributed by atoms with Gasteiger partial charge in [0.15, 0.2) is 0 Å². The van der Waals surface area contributed by atoms with Crippen molar-refractivity contribution in [1.82, 2.24) is 0 Å². The fourth-order valence-electron chi connectivity index (χ4n) is 1.85. The lowest BCUT2D eigenvalue weighted by Gasteiger charge is -2.28. The Balaban J connectivity index is 3.13. The molecule has 0 amide bonds. The second-order valence-electron chi connectivity index (χ2n) is 4.74. The van der Waals surface area contributed by atoms with Crippen LogP contribution in [0.2, 0.25) is 0 Å². The van der Waals surface area contributed by atoms with Crippen LogP contribution in [0.1, 0.15) is 20.3 Å². The molecule has 7 heteroatoms. The van der Waals surface area contributed by atoms with Gasteiger partial charge in [-0.3, -0.25) is 8.86 Å². The lowest BCUT2D eigenvalue weighted by molar-refractivity contribution is -0.138. The van der Waals surface area contributed by atoms with E-state index in [1.807, 2.05) is 13.8 Å². The standard InChI is InChI=1S/C13H19NO5S/c1-9(2)8-12(13(15)16)14(20(17)18)10-4-6-11(19-3)7-5-10/h4-7,9,12H,8H2,1-3H3,(H,15,16)(H,17,18). The van der Waals surface area contributed by atoms with Crippen molar-refractivity contribution in [1.29, 1.82) is 0 Å². The van der Waals surface area contributed by atoms with Gasteiger partial charge in [0.05, 0.1) is 12.8 Å². The average Bonchev–Trinajstić information content (AvgIpc) is 2.37. The second kappa shape index (κ2) is 7.25. The van der Waals surface area contributed by atoms with Crippen molar-refractivity contribution in [2.75, 3.05) is 11.4 Å². The molecule has 0 bridgehead atoms. The predicted octanol–water partition coefficient (Wildman–Crippen LogP) is 2.14. The molecule has 20 heavy (non-hydrogen) atoms. The zero-order valence-electron chi connectivity index (χ0n) is 11.6. The number of carboxylic acid groups (broad SMARTS) is 1. The number of carbonyl (C=O) groups is 1. The molecule has 1 rings (SSSR count). The maximum absolute atomic E-state index is 11.5. The van der Waals surface area contributed by atoms with E-state index in [1.165, 1.54) is 7.11 Å². The molecule has 0 aliphatic carbocycles. The molecule has 0 spiro atoms. The zero-order valence-corrected chi connectivity index (χ0v) is 12.5. The highest BCUT2D eigenvalue weighted by atomic mass is 32.2. The van der Waals surface area contributed by atoms with Crippen molar-refractivity contribution in [2.45, 2.75) is 26.3 Å². The molecule has 0 saturated heterocycles. The minimum Gasteiger partial charge on any atom is -0.497 e. The minimum atomic E-state index is -2.42. The summed E-state index contributed by atoms with van der Waals surface area (Å²) in [7, 11) is 1.51. The van der Waals surface area contributed by atoms with Gasteiger partial charge < -0.3 is 9.84 Å². The number of benzene rings is 1. The van der Waals surface area contributed by atoms with Crippen molar-refractivity contribution in [3.05, 3.63) is 24.3 Å². The highest BCUT2D eigenvalue weighted by Gasteiger charge is 2.30. The number of methoxy groups -OCH3 is 1. The summed E-state index contributed by atoms with van der Waals surface area (Å²) < 4.78 is 26.9. The van der Waals surface area contributed by atoms with E-state index in [9.17, 15) is 18.7 Å². The molecule has 0 saturated carbocycles. The Labute approximate surface area is 120 Å². The SMILES string of the molecule is COc1ccc(N(C(CC(C)C)C(=O)O)S(=O)O)cc1. The Morgan fingerprint density at radius 1 is 1.35 bits per heavy atom. The monoisotopic (exact) mass is 301 g/mol. The largest absolute Gasteiger partial charge is 0.497 e. The quantitative estimate of drug-likeness (QED) is 0.753. The van der Waals surface area contributed by atoms with Crippen LogP contribution in [0.25, 0.3) is 0 Å². The number of anilines is 1. The number of aliphatic carboxylic acids is 1. The van der Waals surface area contributed by atoms with E-state index >= 15 is 0 Å². The molecule has 112 valence electrons. The summed E-state index contributed by atoms with van der Waals surface area (Å²) in [5, 5.41) is 9.29. The number of ether oxygens (including phenoxy) is 1. The summed E-state index contributed by atoms with van der Waals surface area (Å²) in [5.74, 6) is -0.453. The maximum Gasteiger partial charge on any atom is 0.327 e. The first-order valence-electron chi connectivity index (χ1n) is 6.13. The summed E-state index contributed by atoms with van der Waals surface area (Å²) in [6.45, 7) is 3.73. The molecular weight excluding hydrogens is 282 g/mol. The van der Waals surface area contributed by atoms with E-state index < -0.39 is 23.3 Å². The second-order valence-corrected chi connectivity index (χ2v) is 5.59. The van der Waals surface area contributed by atoms with Crippen LogP contribution in [0.15, 0.2) is 24.3 Å². The highest BCUT2D eigenvalue weighted by Crippen LogP contribution is 2.25. The van der Waals surface area contributed by atoms with Crippen molar-refractivity contribution in [3.63, 3.8) is 0 Å². The maximum atomic E-state index is 11.5. The Bertz CT molecular complexity index is 474. The van der Waals surface area contributed by atoms with Crippen LogP contribution in [0.4, 0.5) is 5.69 Å². The van der Waals surface area contributed by atoms with E-state index in [1.54, 1.807) is 24.3 Å². The highest BCUT2D eigenvalue weighted by molar-refractivity contribution is 7.80. The van der Waals surface area contributed by atoms with E-state index in [4.69, 9.17) is 4.74 Å². The van der Waals surface area contributed by atoms with Gasteiger partial charge >= 0.3 is 5.97 Å². The molecule has 0 aliphatic heterocycles. The number of rotatable bonds is 7. The van der Waals surface area contributed by atoms with Crippen LogP contribution in [-0.2, 0) is 16.1 Å². The third kappa shape index (κ3) is 4.21. The average molecular weight is 301 g/mol. The first-order valence-corrected chi connectivity index (χ1v) is 7.20. The van der Waals surface area contributed by atoms with Gasteiger partial charge in [0.25, 0.3) is 11.3 Å². The van der Waals surface area contributed by atoms with Crippen LogP contribution in [0, 0.1) is 5.92 Å². The fourth-order valence-corrected chi connectivity index (χ4v) is 2.55. The molecule has 0 radical (unpaired) electrons. The van der Waals surface area contributed by atoms with Crippen LogP contribution in [-0.4, -0.2) is 33.0 Å². The number of nitrogens with zero attached hydrogens (tertiary/aromatic N) is 1.